The summed E-state index contributed by atoms with van der Waals surface area (Å²) in [6.45, 7) is 1.42. The van der Waals surface area contributed by atoms with Crippen LogP contribution in [0.3, 0.4) is 0 Å². The Hall–Kier alpha value is -1.88. The lowest BCUT2D eigenvalue weighted by molar-refractivity contribution is -0.120. The molecule has 1 aromatic rings. The van der Waals surface area contributed by atoms with E-state index in [1.54, 1.807) is 12.1 Å². The molecule has 1 saturated heterocycles. The van der Waals surface area contributed by atoms with E-state index in [9.17, 15) is 9.59 Å². The molecule has 2 rings (SSSR count). The van der Waals surface area contributed by atoms with Gasteiger partial charge in [0.1, 0.15) is 0 Å². The number of carboxylic acid groups (broad SMARTS) is 1. The fourth-order valence-corrected chi connectivity index (χ4v) is 2.47. The first-order chi connectivity index (χ1) is 10.1. The van der Waals surface area contributed by atoms with E-state index in [2.05, 4.69) is 5.32 Å². The van der Waals surface area contributed by atoms with Crippen LogP contribution in [0.5, 0.6) is 0 Å². The molecule has 21 heavy (non-hydrogen) atoms. The van der Waals surface area contributed by atoms with E-state index in [0.29, 0.717) is 12.1 Å². The van der Waals surface area contributed by atoms with Crippen LogP contribution in [0.4, 0.5) is 0 Å². The van der Waals surface area contributed by atoms with Crippen LogP contribution >= 0.6 is 0 Å². The van der Waals surface area contributed by atoms with Crippen LogP contribution in [-0.2, 0) is 16.0 Å². The second kappa shape index (κ2) is 7.78. The molecule has 1 heterocycles. The van der Waals surface area contributed by atoms with E-state index in [-0.39, 0.29) is 24.0 Å². The van der Waals surface area contributed by atoms with Crippen molar-refractivity contribution in [2.24, 2.45) is 0 Å². The van der Waals surface area contributed by atoms with Gasteiger partial charge in [-0.15, -0.1) is 0 Å². The molecule has 1 atom stereocenters. The Morgan fingerprint density at radius 3 is 2.90 bits per heavy atom. The van der Waals surface area contributed by atoms with Crippen LogP contribution in [-0.4, -0.2) is 36.2 Å². The van der Waals surface area contributed by atoms with Crippen molar-refractivity contribution in [1.82, 2.24) is 5.32 Å². The summed E-state index contributed by atoms with van der Waals surface area (Å²) in [7, 11) is 0. The summed E-state index contributed by atoms with van der Waals surface area (Å²) in [4.78, 5) is 22.7. The van der Waals surface area contributed by atoms with Gasteiger partial charge in [0, 0.05) is 13.2 Å². The zero-order chi connectivity index (χ0) is 15.1. The van der Waals surface area contributed by atoms with Gasteiger partial charge in [0.25, 0.3) is 0 Å². The number of carboxylic acids is 1. The van der Waals surface area contributed by atoms with Gasteiger partial charge in [-0.25, -0.2) is 4.79 Å². The van der Waals surface area contributed by atoms with Crippen molar-refractivity contribution >= 4 is 11.9 Å². The molecule has 5 nitrogen and oxygen atoms in total. The highest BCUT2D eigenvalue weighted by Crippen LogP contribution is 2.14. The van der Waals surface area contributed by atoms with Gasteiger partial charge in [-0.3, -0.25) is 4.79 Å². The molecule has 114 valence electrons. The van der Waals surface area contributed by atoms with Gasteiger partial charge in [0.2, 0.25) is 5.91 Å². The third-order valence-electron chi connectivity index (χ3n) is 3.60. The molecular weight excluding hydrogens is 270 g/mol. The summed E-state index contributed by atoms with van der Waals surface area (Å²) in [5, 5.41) is 11.8. The average Bonchev–Trinajstić information content (AvgIpc) is 2.48. The van der Waals surface area contributed by atoms with Crippen molar-refractivity contribution in [2.45, 2.75) is 38.2 Å². The molecule has 2 N–H and O–H groups in total. The van der Waals surface area contributed by atoms with Crippen LogP contribution < -0.4 is 5.32 Å². The largest absolute Gasteiger partial charge is 0.478 e. The first kappa shape index (κ1) is 15.5. The molecule has 1 fully saturated rings. The maximum absolute atomic E-state index is 11.8. The zero-order valence-electron chi connectivity index (χ0n) is 12.0. The SMILES string of the molecule is O=C(Cc1cccc(C(=O)O)c1)NCCC1CCCCO1. The number of carbonyl (C=O) groups is 2. The summed E-state index contributed by atoms with van der Waals surface area (Å²) in [6, 6.07) is 6.47. The lowest BCUT2D eigenvalue weighted by atomic mass is 10.1. The Morgan fingerprint density at radius 2 is 2.19 bits per heavy atom. The molecule has 0 bridgehead atoms. The normalized spacial score (nSPS) is 18.2. The van der Waals surface area contributed by atoms with Crippen LogP contribution in [0.15, 0.2) is 24.3 Å². The molecule has 0 aromatic heterocycles. The first-order valence-electron chi connectivity index (χ1n) is 7.35. The fraction of sp³-hybridized carbons (Fsp3) is 0.500. The predicted molar refractivity (Wildman–Crippen MR) is 78.3 cm³/mol. The number of benzene rings is 1. The number of hydrogen-bond donors (Lipinski definition) is 2. The number of rotatable bonds is 6. The summed E-state index contributed by atoms with van der Waals surface area (Å²) in [6.07, 6.45) is 4.68. The lowest BCUT2D eigenvalue weighted by Crippen LogP contribution is -2.30. The molecule has 0 spiro atoms. The topological polar surface area (TPSA) is 75.6 Å². The van der Waals surface area contributed by atoms with E-state index in [1.165, 1.54) is 18.6 Å². The van der Waals surface area contributed by atoms with Gasteiger partial charge in [0.15, 0.2) is 0 Å². The highest BCUT2D eigenvalue weighted by atomic mass is 16.5. The van der Waals surface area contributed by atoms with Gasteiger partial charge < -0.3 is 15.2 Å². The van der Waals surface area contributed by atoms with Crippen LogP contribution in [0.1, 0.15) is 41.6 Å². The van der Waals surface area contributed by atoms with Crippen LogP contribution in [0.2, 0.25) is 0 Å². The minimum atomic E-state index is -0.980. The van der Waals surface area contributed by atoms with Gasteiger partial charge >= 0.3 is 5.97 Å². The molecule has 1 amide bonds. The summed E-state index contributed by atoms with van der Waals surface area (Å²) in [5.41, 5.74) is 0.914. The fourth-order valence-electron chi connectivity index (χ4n) is 2.47. The number of aromatic carboxylic acids is 1. The van der Waals surface area contributed by atoms with Crippen molar-refractivity contribution in [1.29, 1.82) is 0 Å². The van der Waals surface area contributed by atoms with Gasteiger partial charge in [0.05, 0.1) is 18.1 Å². The van der Waals surface area contributed by atoms with Crippen molar-refractivity contribution in [3.63, 3.8) is 0 Å². The maximum Gasteiger partial charge on any atom is 0.335 e. The molecule has 1 aliphatic heterocycles. The van der Waals surface area contributed by atoms with Crippen LogP contribution in [0.25, 0.3) is 0 Å². The summed E-state index contributed by atoms with van der Waals surface area (Å²) in [5.74, 6) is -1.07. The number of ether oxygens (including phenoxy) is 1. The van der Waals surface area contributed by atoms with E-state index >= 15 is 0 Å². The molecule has 5 heteroatoms. The summed E-state index contributed by atoms with van der Waals surface area (Å²) >= 11 is 0. The second-order valence-electron chi connectivity index (χ2n) is 5.31. The number of amides is 1. The molecule has 0 radical (unpaired) electrons. The Bertz CT molecular complexity index is 495. The number of hydrogen-bond acceptors (Lipinski definition) is 3. The monoisotopic (exact) mass is 291 g/mol. The molecule has 0 aliphatic carbocycles. The minimum Gasteiger partial charge on any atom is -0.478 e. The van der Waals surface area contributed by atoms with Crippen molar-refractivity contribution in [3.8, 4) is 0 Å². The minimum absolute atomic E-state index is 0.0895. The molecule has 1 aliphatic rings. The van der Waals surface area contributed by atoms with Gasteiger partial charge in [-0.05, 0) is 43.4 Å². The van der Waals surface area contributed by atoms with Crippen molar-refractivity contribution in [3.05, 3.63) is 35.4 Å². The third-order valence-corrected chi connectivity index (χ3v) is 3.60. The smallest absolute Gasteiger partial charge is 0.335 e. The van der Waals surface area contributed by atoms with Gasteiger partial charge in [-0.1, -0.05) is 12.1 Å². The maximum atomic E-state index is 11.8. The van der Waals surface area contributed by atoms with Gasteiger partial charge in [-0.2, -0.15) is 0 Å². The number of nitrogens with one attached hydrogen (secondary N) is 1. The van der Waals surface area contributed by atoms with Crippen molar-refractivity contribution < 1.29 is 19.4 Å². The average molecular weight is 291 g/mol. The lowest BCUT2D eigenvalue weighted by Gasteiger charge is -2.22. The highest BCUT2D eigenvalue weighted by molar-refractivity contribution is 5.88. The predicted octanol–water partition coefficient (Wildman–Crippen LogP) is 2.00. The van der Waals surface area contributed by atoms with E-state index < -0.39 is 5.97 Å². The Balaban J connectivity index is 1.73. The molecule has 0 saturated carbocycles. The Labute approximate surface area is 124 Å². The zero-order valence-corrected chi connectivity index (χ0v) is 12.0. The highest BCUT2D eigenvalue weighted by Gasteiger charge is 2.14. The van der Waals surface area contributed by atoms with E-state index in [1.807, 2.05) is 0 Å². The molecular formula is C16H21NO4. The van der Waals surface area contributed by atoms with Crippen molar-refractivity contribution in [2.75, 3.05) is 13.2 Å². The first-order valence-corrected chi connectivity index (χ1v) is 7.35. The Morgan fingerprint density at radius 1 is 1.33 bits per heavy atom. The standard InChI is InChI=1S/C16H21NO4/c18-15(17-8-7-14-6-1-2-9-21-14)11-12-4-3-5-13(10-12)16(19)20/h3-5,10,14H,1-2,6-9,11H2,(H,17,18)(H,19,20). The number of carbonyl (C=O) groups excluding carboxylic acids is 1. The molecule has 1 unspecified atom stereocenters. The Kier molecular flexibility index (Phi) is 5.75. The van der Waals surface area contributed by atoms with E-state index in [4.69, 9.17) is 9.84 Å². The van der Waals surface area contributed by atoms with E-state index in [0.717, 1.165) is 25.9 Å². The van der Waals surface area contributed by atoms with Crippen LogP contribution in [0, 0.1) is 0 Å². The quantitative estimate of drug-likeness (QED) is 0.840. The summed E-state index contributed by atoms with van der Waals surface area (Å²) < 4.78 is 5.60. The molecule has 1 aromatic carbocycles. The third kappa shape index (κ3) is 5.19. The second-order valence-corrected chi connectivity index (χ2v) is 5.31.